The van der Waals surface area contributed by atoms with Crippen molar-refractivity contribution in [1.29, 1.82) is 0 Å². The molecule has 1 aromatic carbocycles. The molecule has 2 unspecified atom stereocenters. The molecule has 0 spiro atoms. The lowest BCUT2D eigenvalue weighted by Crippen LogP contribution is -2.14. The minimum atomic E-state index is -2.98. The van der Waals surface area contributed by atoms with Gasteiger partial charge in [-0.1, -0.05) is 17.7 Å². The second kappa shape index (κ2) is 4.90. The van der Waals surface area contributed by atoms with Gasteiger partial charge >= 0.3 is 0 Å². The summed E-state index contributed by atoms with van der Waals surface area (Å²) in [6.07, 6.45) is 0.579. The Labute approximate surface area is 127 Å². The van der Waals surface area contributed by atoms with Crippen molar-refractivity contribution in [2.75, 3.05) is 11.5 Å². The number of nitrogens with zero attached hydrogens (tertiary/aromatic N) is 2. The number of halogens is 2. The minimum Gasteiger partial charge on any atom is -0.321 e. The highest BCUT2D eigenvalue weighted by Gasteiger charge is 2.32. The maximum atomic E-state index is 11.7. The van der Waals surface area contributed by atoms with Crippen molar-refractivity contribution in [2.45, 2.75) is 24.8 Å². The first-order valence-electron chi connectivity index (χ1n) is 6.40. The molecular formula is C13H14Cl2N2O2S. The van der Waals surface area contributed by atoms with Crippen LogP contribution in [0.5, 0.6) is 0 Å². The molecular weight excluding hydrogens is 319 g/mol. The number of imidazole rings is 1. The fraction of sp³-hybridized carbons (Fsp3) is 0.462. The Morgan fingerprint density at radius 3 is 2.80 bits per heavy atom. The van der Waals surface area contributed by atoms with Crippen molar-refractivity contribution < 1.29 is 8.42 Å². The number of rotatable bonds is 2. The number of aromatic nitrogens is 2. The van der Waals surface area contributed by atoms with E-state index in [0.29, 0.717) is 17.3 Å². The summed E-state index contributed by atoms with van der Waals surface area (Å²) in [5.74, 6) is 1.01. The van der Waals surface area contributed by atoms with Crippen molar-refractivity contribution in [3.05, 3.63) is 29.0 Å². The van der Waals surface area contributed by atoms with Crippen LogP contribution in [0.1, 0.15) is 30.6 Å². The summed E-state index contributed by atoms with van der Waals surface area (Å²) in [5.41, 5.74) is 1.53. The fourth-order valence-electron chi connectivity index (χ4n) is 2.75. The average molecular weight is 333 g/mol. The van der Waals surface area contributed by atoms with Gasteiger partial charge in [-0.15, -0.1) is 11.6 Å². The van der Waals surface area contributed by atoms with Gasteiger partial charge in [0.25, 0.3) is 0 Å². The highest BCUT2D eigenvalue weighted by atomic mass is 35.5. The molecule has 7 heteroatoms. The van der Waals surface area contributed by atoms with Crippen LogP contribution in [-0.4, -0.2) is 29.5 Å². The molecule has 0 bridgehead atoms. The molecule has 2 heterocycles. The van der Waals surface area contributed by atoms with E-state index in [-0.39, 0.29) is 22.9 Å². The van der Waals surface area contributed by atoms with Gasteiger partial charge in [0.05, 0.1) is 39.0 Å². The lowest BCUT2D eigenvalue weighted by Gasteiger charge is -2.17. The molecule has 2 atom stereocenters. The molecule has 0 amide bonds. The van der Waals surface area contributed by atoms with Gasteiger partial charge in [0.2, 0.25) is 0 Å². The third-order valence-electron chi connectivity index (χ3n) is 3.62. The Hall–Kier alpha value is -0.780. The van der Waals surface area contributed by atoms with Crippen LogP contribution >= 0.6 is 23.2 Å². The first-order valence-corrected chi connectivity index (χ1v) is 9.03. The topological polar surface area (TPSA) is 52.0 Å². The third-order valence-corrected chi connectivity index (χ3v) is 5.87. The quantitative estimate of drug-likeness (QED) is 0.792. The number of alkyl halides is 1. The van der Waals surface area contributed by atoms with Crippen LogP contribution in [0.25, 0.3) is 11.0 Å². The van der Waals surface area contributed by atoms with Crippen molar-refractivity contribution in [1.82, 2.24) is 9.55 Å². The lowest BCUT2D eigenvalue weighted by molar-refractivity contribution is 0.545. The van der Waals surface area contributed by atoms with E-state index >= 15 is 0 Å². The normalized spacial score (nSPS) is 23.2. The van der Waals surface area contributed by atoms with Gasteiger partial charge < -0.3 is 4.57 Å². The van der Waals surface area contributed by atoms with Crippen molar-refractivity contribution >= 4 is 44.1 Å². The van der Waals surface area contributed by atoms with E-state index in [4.69, 9.17) is 23.2 Å². The Bertz CT molecular complexity index is 768. The van der Waals surface area contributed by atoms with Crippen LogP contribution in [0.3, 0.4) is 0 Å². The molecule has 108 valence electrons. The van der Waals surface area contributed by atoms with Gasteiger partial charge in [-0.2, -0.15) is 0 Å². The van der Waals surface area contributed by atoms with E-state index in [1.54, 1.807) is 6.07 Å². The van der Waals surface area contributed by atoms with Crippen molar-refractivity contribution in [3.8, 4) is 0 Å². The molecule has 20 heavy (non-hydrogen) atoms. The maximum absolute atomic E-state index is 11.7. The van der Waals surface area contributed by atoms with Crippen LogP contribution < -0.4 is 0 Å². The third kappa shape index (κ3) is 2.32. The van der Waals surface area contributed by atoms with Crippen LogP contribution in [0.2, 0.25) is 5.02 Å². The SMILES string of the molecule is CC(Cl)c1nc2cccc(Cl)c2n1C1CCS(=O)(=O)C1. The molecule has 0 radical (unpaired) electrons. The predicted octanol–water partition coefficient (Wildman–Crippen LogP) is 3.35. The van der Waals surface area contributed by atoms with Crippen molar-refractivity contribution in [3.63, 3.8) is 0 Å². The monoisotopic (exact) mass is 332 g/mol. The van der Waals surface area contributed by atoms with E-state index in [2.05, 4.69) is 4.98 Å². The molecule has 4 nitrogen and oxygen atoms in total. The summed E-state index contributed by atoms with van der Waals surface area (Å²) < 4.78 is 25.4. The Morgan fingerprint density at radius 2 is 2.20 bits per heavy atom. The first kappa shape index (κ1) is 14.2. The smallest absolute Gasteiger partial charge is 0.152 e. The second-order valence-electron chi connectivity index (χ2n) is 5.12. The predicted molar refractivity (Wildman–Crippen MR) is 81.3 cm³/mol. The van der Waals surface area contributed by atoms with Crippen LogP contribution in [0, 0.1) is 0 Å². The first-order chi connectivity index (χ1) is 9.39. The summed E-state index contributed by atoms with van der Waals surface area (Å²) in [6.45, 7) is 1.83. The molecule has 3 rings (SSSR count). The Morgan fingerprint density at radius 1 is 1.45 bits per heavy atom. The van der Waals surface area contributed by atoms with Crippen LogP contribution in [-0.2, 0) is 9.84 Å². The Balaban J connectivity index is 2.24. The summed E-state index contributed by atoms with van der Waals surface area (Å²) in [5, 5.41) is 0.268. The van der Waals surface area contributed by atoms with Gasteiger partial charge in [0.1, 0.15) is 5.82 Å². The van der Waals surface area contributed by atoms with E-state index in [1.807, 2.05) is 23.6 Å². The van der Waals surface area contributed by atoms with E-state index in [1.165, 1.54) is 0 Å². The molecule has 0 saturated carbocycles. The largest absolute Gasteiger partial charge is 0.321 e. The van der Waals surface area contributed by atoms with Crippen molar-refractivity contribution in [2.24, 2.45) is 0 Å². The number of hydrogen-bond acceptors (Lipinski definition) is 3. The van der Waals surface area contributed by atoms with Gasteiger partial charge in [0.15, 0.2) is 9.84 Å². The second-order valence-corrected chi connectivity index (χ2v) is 8.41. The zero-order chi connectivity index (χ0) is 14.5. The van der Waals surface area contributed by atoms with Crippen LogP contribution in [0.4, 0.5) is 0 Å². The lowest BCUT2D eigenvalue weighted by atomic mass is 10.2. The summed E-state index contributed by atoms with van der Waals surface area (Å²) in [4.78, 5) is 4.52. The number of hydrogen-bond donors (Lipinski definition) is 0. The number of sulfone groups is 1. The molecule has 0 N–H and O–H groups in total. The average Bonchev–Trinajstić information content (AvgIpc) is 2.90. The van der Waals surface area contributed by atoms with Crippen LogP contribution in [0.15, 0.2) is 18.2 Å². The molecule has 1 fully saturated rings. The van der Waals surface area contributed by atoms with E-state index in [9.17, 15) is 8.42 Å². The highest BCUT2D eigenvalue weighted by molar-refractivity contribution is 7.91. The standard InChI is InChI=1S/C13H14Cl2N2O2S/c1-8(14)13-16-11-4-2-3-10(15)12(11)17(13)9-5-6-20(18,19)7-9/h2-4,8-9H,5-7H2,1H3. The van der Waals surface area contributed by atoms with E-state index in [0.717, 1.165) is 11.0 Å². The summed E-state index contributed by atoms with van der Waals surface area (Å²) >= 11 is 12.5. The molecule has 1 saturated heterocycles. The van der Waals surface area contributed by atoms with Gasteiger partial charge in [-0.25, -0.2) is 13.4 Å². The highest BCUT2D eigenvalue weighted by Crippen LogP contribution is 2.35. The molecule has 2 aromatic rings. The number of para-hydroxylation sites is 1. The maximum Gasteiger partial charge on any atom is 0.152 e. The summed E-state index contributed by atoms with van der Waals surface area (Å²) in [6, 6.07) is 5.34. The Kier molecular flexibility index (Phi) is 3.47. The zero-order valence-corrected chi connectivity index (χ0v) is 13.2. The fourth-order valence-corrected chi connectivity index (χ4v) is 4.87. The molecule has 0 aliphatic carbocycles. The molecule has 1 aliphatic heterocycles. The summed E-state index contributed by atoms with van der Waals surface area (Å²) in [7, 11) is -2.98. The van der Waals surface area contributed by atoms with Gasteiger partial charge in [-0.05, 0) is 25.5 Å². The van der Waals surface area contributed by atoms with Gasteiger partial charge in [0, 0.05) is 0 Å². The minimum absolute atomic E-state index is 0.125. The number of fused-ring (bicyclic) bond motifs is 1. The number of benzene rings is 1. The molecule has 1 aromatic heterocycles. The molecule has 1 aliphatic rings. The van der Waals surface area contributed by atoms with Gasteiger partial charge in [-0.3, -0.25) is 0 Å². The van der Waals surface area contributed by atoms with E-state index < -0.39 is 9.84 Å². The zero-order valence-electron chi connectivity index (χ0n) is 10.9.